The van der Waals surface area contributed by atoms with Gasteiger partial charge in [-0.15, -0.1) is 0 Å². The molecule has 11 heteroatoms. The number of nitrogens with zero attached hydrogens (tertiary/aromatic N) is 2. The Balaban J connectivity index is 1.60. The average Bonchev–Trinajstić information content (AvgIpc) is 3.15. The fraction of sp³-hybridized carbons (Fsp3) is 0.400. The van der Waals surface area contributed by atoms with Gasteiger partial charge in [0.1, 0.15) is 16.4 Å². The van der Waals surface area contributed by atoms with Crippen molar-refractivity contribution < 1.29 is 26.3 Å². The zero-order valence-corrected chi connectivity index (χ0v) is 20.8. The van der Waals surface area contributed by atoms with Gasteiger partial charge >= 0.3 is 6.18 Å². The third kappa shape index (κ3) is 6.23. The number of fused-ring (bicyclic) bond motifs is 1. The molecule has 1 aromatic carbocycles. The Labute approximate surface area is 208 Å². The van der Waals surface area contributed by atoms with Gasteiger partial charge in [0, 0.05) is 22.8 Å². The smallest absolute Gasteiger partial charge is 0.406 e. The van der Waals surface area contributed by atoms with E-state index in [-0.39, 0.29) is 29.8 Å². The van der Waals surface area contributed by atoms with Crippen LogP contribution in [0, 0.1) is 18.8 Å². The SMILES string of the molecule is COc1nc(C)ccc1NCC#Cc1cc2c(NC3CCS(=O)(=O)CC3)cccc2n1CC(F)(F)F. The van der Waals surface area contributed by atoms with Crippen LogP contribution in [0.1, 0.15) is 24.2 Å². The van der Waals surface area contributed by atoms with Gasteiger partial charge in [0.05, 0.1) is 42.1 Å². The summed E-state index contributed by atoms with van der Waals surface area (Å²) in [5.41, 5.74) is 2.73. The van der Waals surface area contributed by atoms with Crippen molar-refractivity contribution in [2.75, 3.05) is 35.8 Å². The Bertz CT molecular complexity index is 1410. The number of rotatable bonds is 6. The van der Waals surface area contributed by atoms with Crippen molar-refractivity contribution in [2.24, 2.45) is 0 Å². The maximum Gasteiger partial charge on any atom is 0.406 e. The number of aromatic nitrogens is 2. The number of nitrogens with one attached hydrogen (secondary N) is 2. The molecule has 1 fully saturated rings. The van der Waals surface area contributed by atoms with Crippen molar-refractivity contribution in [1.29, 1.82) is 0 Å². The number of sulfone groups is 1. The second-order valence-electron chi connectivity index (χ2n) is 8.70. The van der Waals surface area contributed by atoms with E-state index in [0.29, 0.717) is 41.0 Å². The standard InChI is InChI=1S/C25H27F3N4O3S/c1-17-8-9-22(24(30-17)35-2)29-12-4-5-19-15-20-21(31-18-10-13-36(33,34)14-11-18)6-3-7-23(20)32(19)16-25(26,27)28/h3,6-9,15,18,29,31H,10-14,16H2,1-2H3. The zero-order chi connectivity index (χ0) is 25.9. The van der Waals surface area contributed by atoms with Gasteiger partial charge in [-0.1, -0.05) is 12.0 Å². The molecule has 0 spiro atoms. The molecule has 3 heterocycles. The normalized spacial score (nSPS) is 15.8. The second-order valence-corrected chi connectivity index (χ2v) is 11.0. The van der Waals surface area contributed by atoms with Crippen LogP contribution >= 0.6 is 0 Å². The van der Waals surface area contributed by atoms with E-state index in [1.54, 1.807) is 30.3 Å². The zero-order valence-electron chi connectivity index (χ0n) is 19.9. The van der Waals surface area contributed by atoms with E-state index >= 15 is 0 Å². The molecule has 1 saturated heterocycles. The number of ether oxygens (including phenoxy) is 1. The molecule has 36 heavy (non-hydrogen) atoms. The van der Waals surface area contributed by atoms with E-state index < -0.39 is 22.6 Å². The van der Waals surface area contributed by atoms with Gasteiger partial charge in [-0.05, 0) is 56.0 Å². The van der Waals surface area contributed by atoms with Crippen LogP contribution in [-0.2, 0) is 16.4 Å². The quantitative estimate of drug-likeness (QED) is 0.470. The Morgan fingerprint density at radius 2 is 1.92 bits per heavy atom. The monoisotopic (exact) mass is 520 g/mol. The lowest BCUT2D eigenvalue weighted by Crippen LogP contribution is -2.32. The first-order valence-electron chi connectivity index (χ1n) is 11.4. The summed E-state index contributed by atoms with van der Waals surface area (Å²) in [6.07, 6.45) is -3.52. The summed E-state index contributed by atoms with van der Waals surface area (Å²) < 4.78 is 70.2. The predicted molar refractivity (Wildman–Crippen MR) is 134 cm³/mol. The van der Waals surface area contributed by atoms with Crippen LogP contribution in [0.25, 0.3) is 10.9 Å². The fourth-order valence-electron chi connectivity index (χ4n) is 4.22. The maximum atomic E-state index is 13.4. The Kier molecular flexibility index (Phi) is 7.36. The number of hydrogen-bond donors (Lipinski definition) is 2. The van der Waals surface area contributed by atoms with Crippen LogP contribution in [-0.4, -0.2) is 55.3 Å². The minimum atomic E-state index is -4.43. The van der Waals surface area contributed by atoms with E-state index in [1.807, 2.05) is 13.0 Å². The number of hydrogen-bond acceptors (Lipinski definition) is 6. The lowest BCUT2D eigenvalue weighted by molar-refractivity contribution is -0.140. The molecule has 0 radical (unpaired) electrons. The van der Waals surface area contributed by atoms with Gasteiger partial charge in [0.25, 0.3) is 0 Å². The molecule has 1 aliphatic heterocycles. The van der Waals surface area contributed by atoms with Crippen LogP contribution in [0.5, 0.6) is 5.88 Å². The van der Waals surface area contributed by atoms with Gasteiger partial charge in [0.2, 0.25) is 5.88 Å². The van der Waals surface area contributed by atoms with Gasteiger partial charge < -0.3 is 19.9 Å². The highest BCUT2D eigenvalue weighted by atomic mass is 32.2. The highest BCUT2D eigenvalue weighted by molar-refractivity contribution is 7.91. The van der Waals surface area contributed by atoms with Crippen molar-refractivity contribution >= 4 is 32.1 Å². The highest BCUT2D eigenvalue weighted by Gasteiger charge is 2.30. The van der Waals surface area contributed by atoms with Gasteiger partial charge in [0.15, 0.2) is 0 Å². The summed E-state index contributed by atoms with van der Waals surface area (Å²) >= 11 is 0. The van der Waals surface area contributed by atoms with E-state index in [0.717, 1.165) is 10.3 Å². The number of methoxy groups -OCH3 is 1. The molecule has 0 bridgehead atoms. The number of pyridine rings is 1. The first-order valence-corrected chi connectivity index (χ1v) is 13.3. The molecule has 192 valence electrons. The lowest BCUT2D eigenvalue weighted by atomic mass is 10.1. The van der Waals surface area contributed by atoms with Crippen LogP contribution in [0.2, 0.25) is 0 Å². The lowest BCUT2D eigenvalue weighted by Gasteiger charge is -2.24. The molecule has 2 aromatic heterocycles. The topological polar surface area (TPSA) is 85.2 Å². The predicted octanol–water partition coefficient (Wildman–Crippen LogP) is 4.37. The van der Waals surface area contributed by atoms with Crippen LogP contribution < -0.4 is 15.4 Å². The molecule has 2 N–H and O–H groups in total. The molecule has 0 atom stereocenters. The fourth-order valence-corrected chi connectivity index (χ4v) is 5.71. The first kappa shape index (κ1) is 25.7. The molecule has 3 aromatic rings. The van der Waals surface area contributed by atoms with E-state index in [1.165, 1.54) is 7.11 Å². The molecule has 1 aliphatic rings. The largest absolute Gasteiger partial charge is 0.480 e. The summed E-state index contributed by atoms with van der Waals surface area (Å²) in [6.45, 7) is 0.843. The van der Waals surface area contributed by atoms with Crippen molar-refractivity contribution in [3.63, 3.8) is 0 Å². The minimum Gasteiger partial charge on any atom is -0.480 e. The van der Waals surface area contributed by atoms with Crippen molar-refractivity contribution in [3.8, 4) is 17.7 Å². The minimum absolute atomic E-state index is 0.0677. The van der Waals surface area contributed by atoms with E-state index in [9.17, 15) is 21.6 Å². The second kappa shape index (κ2) is 10.3. The molecule has 0 aliphatic carbocycles. The maximum absolute atomic E-state index is 13.4. The van der Waals surface area contributed by atoms with Crippen molar-refractivity contribution in [2.45, 2.75) is 38.5 Å². The van der Waals surface area contributed by atoms with Gasteiger partial charge in [-0.2, -0.15) is 13.2 Å². The summed E-state index contributed by atoms with van der Waals surface area (Å²) in [5.74, 6) is 6.37. The molecule has 0 unspecified atom stereocenters. The van der Waals surface area contributed by atoms with Crippen molar-refractivity contribution in [3.05, 3.63) is 47.8 Å². The molecule has 4 rings (SSSR count). The van der Waals surface area contributed by atoms with E-state index in [4.69, 9.17) is 4.74 Å². The third-order valence-corrected chi connectivity index (χ3v) is 7.69. The number of anilines is 2. The number of aryl methyl sites for hydroxylation is 1. The van der Waals surface area contributed by atoms with Crippen LogP contribution in [0.4, 0.5) is 24.5 Å². The summed E-state index contributed by atoms with van der Waals surface area (Å²) in [6, 6.07) is 10.3. The van der Waals surface area contributed by atoms with Crippen LogP contribution in [0.3, 0.4) is 0 Å². The first-order chi connectivity index (χ1) is 17.0. The Morgan fingerprint density at radius 3 is 2.61 bits per heavy atom. The number of halogens is 3. The molecular weight excluding hydrogens is 493 g/mol. The van der Waals surface area contributed by atoms with Crippen LogP contribution in [0.15, 0.2) is 36.4 Å². The summed E-state index contributed by atoms with van der Waals surface area (Å²) in [4.78, 5) is 4.27. The molecular formula is C25H27F3N4O3S. The third-order valence-electron chi connectivity index (χ3n) is 5.97. The average molecular weight is 521 g/mol. The summed E-state index contributed by atoms with van der Waals surface area (Å²) in [5, 5.41) is 7.02. The van der Waals surface area contributed by atoms with Gasteiger partial charge in [-0.25, -0.2) is 13.4 Å². The van der Waals surface area contributed by atoms with Gasteiger partial charge in [-0.3, -0.25) is 0 Å². The van der Waals surface area contributed by atoms with E-state index in [2.05, 4.69) is 27.5 Å². The number of alkyl halides is 3. The molecule has 7 nitrogen and oxygen atoms in total. The Morgan fingerprint density at radius 1 is 1.17 bits per heavy atom. The molecule has 0 saturated carbocycles. The highest BCUT2D eigenvalue weighted by Crippen LogP contribution is 2.31. The number of benzene rings is 1. The molecule has 0 amide bonds. The Hall–Kier alpha value is -3.39. The summed E-state index contributed by atoms with van der Waals surface area (Å²) in [7, 11) is -1.51. The van der Waals surface area contributed by atoms with Crippen molar-refractivity contribution in [1.82, 2.24) is 9.55 Å².